The number of furan rings is 1. The van der Waals surface area contributed by atoms with Crippen molar-refractivity contribution in [3.8, 4) is 17.4 Å². The van der Waals surface area contributed by atoms with Gasteiger partial charge in [0, 0.05) is 18.7 Å². The molecule has 0 saturated carbocycles. The van der Waals surface area contributed by atoms with E-state index in [9.17, 15) is 5.26 Å². The Balaban J connectivity index is 1.73. The van der Waals surface area contributed by atoms with Crippen molar-refractivity contribution in [3.05, 3.63) is 77.8 Å². The molecule has 0 atom stereocenters. The molecule has 0 amide bonds. The van der Waals surface area contributed by atoms with Gasteiger partial charge in [0.1, 0.15) is 17.6 Å². The van der Waals surface area contributed by atoms with Crippen LogP contribution in [0.3, 0.4) is 0 Å². The molecule has 0 aliphatic heterocycles. The molecular weight excluding hydrogens is 322 g/mol. The van der Waals surface area contributed by atoms with E-state index in [2.05, 4.69) is 18.0 Å². The summed E-state index contributed by atoms with van der Waals surface area (Å²) in [5.41, 5.74) is 4.54. The molecule has 4 heteroatoms. The fraction of sp³-hybridized carbons (Fsp3) is 0.0909. The second-order valence-corrected chi connectivity index (χ2v) is 6.22. The summed E-state index contributed by atoms with van der Waals surface area (Å²) < 4.78 is 7.84. The minimum absolute atomic E-state index is 0.466. The van der Waals surface area contributed by atoms with Crippen LogP contribution < -0.4 is 0 Å². The molecule has 0 aliphatic carbocycles. The molecule has 0 spiro atoms. The van der Waals surface area contributed by atoms with Crippen molar-refractivity contribution >= 4 is 22.7 Å². The average Bonchev–Trinajstić information content (AvgIpc) is 3.26. The number of hydrogen-bond donors (Lipinski definition) is 0. The third-order valence-electron chi connectivity index (χ3n) is 4.40. The van der Waals surface area contributed by atoms with Gasteiger partial charge in [0.05, 0.1) is 16.6 Å². The smallest absolute Gasteiger partial charge is 0.151 e. The summed E-state index contributed by atoms with van der Waals surface area (Å²) in [5, 5.41) is 9.63. The molecule has 2 aromatic heterocycles. The molecule has 4 rings (SSSR count). The van der Waals surface area contributed by atoms with Gasteiger partial charge in [-0.25, -0.2) is 4.98 Å². The van der Waals surface area contributed by atoms with E-state index in [4.69, 9.17) is 4.42 Å². The molecular formula is C22H17N3O. The van der Waals surface area contributed by atoms with Gasteiger partial charge < -0.3 is 8.98 Å². The van der Waals surface area contributed by atoms with Crippen LogP contribution in [0.1, 0.15) is 17.1 Å². The maximum absolute atomic E-state index is 9.63. The number of aryl methyl sites for hydroxylation is 2. The van der Waals surface area contributed by atoms with Crippen LogP contribution >= 0.6 is 0 Å². The van der Waals surface area contributed by atoms with E-state index in [-0.39, 0.29) is 0 Å². The number of para-hydroxylation sites is 2. The first-order valence-electron chi connectivity index (χ1n) is 8.36. The van der Waals surface area contributed by atoms with Gasteiger partial charge in [0.25, 0.3) is 0 Å². The predicted octanol–water partition coefficient (Wildman–Crippen LogP) is 5.21. The lowest BCUT2D eigenvalue weighted by atomic mass is 10.1. The quantitative estimate of drug-likeness (QED) is 0.482. The Bertz CT molecular complexity index is 1150. The average molecular weight is 339 g/mol. The number of hydrogen-bond acceptors (Lipinski definition) is 3. The van der Waals surface area contributed by atoms with Crippen LogP contribution in [0.4, 0.5) is 0 Å². The van der Waals surface area contributed by atoms with Crippen LogP contribution in [0.2, 0.25) is 0 Å². The van der Waals surface area contributed by atoms with Crippen molar-refractivity contribution in [1.29, 1.82) is 5.26 Å². The van der Waals surface area contributed by atoms with Crippen LogP contribution in [0.25, 0.3) is 34.0 Å². The number of nitriles is 1. The highest BCUT2D eigenvalue weighted by Gasteiger charge is 2.13. The lowest BCUT2D eigenvalue weighted by molar-refractivity contribution is 0.572. The van der Waals surface area contributed by atoms with Gasteiger partial charge in [-0.15, -0.1) is 0 Å². The van der Waals surface area contributed by atoms with E-state index in [0.717, 1.165) is 22.4 Å². The molecule has 0 radical (unpaired) electrons. The highest BCUT2D eigenvalue weighted by Crippen LogP contribution is 2.26. The number of aromatic nitrogens is 2. The fourth-order valence-electron chi connectivity index (χ4n) is 2.98. The van der Waals surface area contributed by atoms with Crippen molar-refractivity contribution in [2.24, 2.45) is 7.05 Å². The molecule has 0 bridgehead atoms. The number of nitrogens with zero attached hydrogens (tertiary/aromatic N) is 3. The summed E-state index contributed by atoms with van der Waals surface area (Å²) in [7, 11) is 1.91. The lowest BCUT2D eigenvalue weighted by Crippen LogP contribution is -1.95. The Morgan fingerprint density at radius 2 is 1.85 bits per heavy atom. The van der Waals surface area contributed by atoms with Crippen molar-refractivity contribution < 1.29 is 4.42 Å². The van der Waals surface area contributed by atoms with Gasteiger partial charge >= 0.3 is 0 Å². The number of allylic oxidation sites excluding steroid dienone is 1. The van der Waals surface area contributed by atoms with Crippen LogP contribution in [-0.4, -0.2) is 9.55 Å². The van der Waals surface area contributed by atoms with Crippen molar-refractivity contribution in [2.75, 3.05) is 0 Å². The Kier molecular flexibility index (Phi) is 3.91. The third-order valence-corrected chi connectivity index (χ3v) is 4.40. The Morgan fingerprint density at radius 1 is 1.08 bits per heavy atom. The lowest BCUT2D eigenvalue weighted by Gasteiger charge is -2.00. The Hall–Kier alpha value is -3.58. The van der Waals surface area contributed by atoms with Crippen molar-refractivity contribution in [2.45, 2.75) is 6.92 Å². The zero-order chi connectivity index (χ0) is 18.1. The highest BCUT2D eigenvalue weighted by atomic mass is 16.3. The largest absolute Gasteiger partial charge is 0.457 e. The first-order chi connectivity index (χ1) is 12.7. The normalized spacial score (nSPS) is 11.7. The summed E-state index contributed by atoms with van der Waals surface area (Å²) in [4.78, 5) is 4.58. The molecule has 4 aromatic rings. The predicted molar refractivity (Wildman–Crippen MR) is 103 cm³/mol. The third kappa shape index (κ3) is 2.80. The number of rotatable bonds is 3. The van der Waals surface area contributed by atoms with Gasteiger partial charge in [-0.05, 0) is 31.2 Å². The van der Waals surface area contributed by atoms with Gasteiger partial charge in [-0.2, -0.15) is 5.26 Å². The maximum atomic E-state index is 9.63. The van der Waals surface area contributed by atoms with Gasteiger partial charge in [0.2, 0.25) is 0 Å². The fourth-order valence-corrected chi connectivity index (χ4v) is 2.98. The minimum Gasteiger partial charge on any atom is -0.457 e. The molecule has 0 unspecified atom stereocenters. The zero-order valence-corrected chi connectivity index (χ0v) is 14.6. The molecule has 126 valence electrons. The first-order valence-corrected chi connectivity index (χ1v) is 8.36. The number of fused-ring (bicyclic) bond motifs is 1. The summed E-state index contributed by atoms with van der Waals surface area (Å²) >= 11 is 0. The number of imidazole rings is 1. The van der Waals surface area contributed by atoms with Crippen molar-refractivity contribution in [1.82, 2.24) is 9.55 Å². The van der Waals surface area contributed by atoms with E-state index >= 15 is 0 Å². The van der Waals surface area contributed by atoms with E-state index in [0.29, 0.717) is 17.2 Å². The van der Waals surface area contributed by atoms with E-state index < -0.39 is 0 Å². The molecule has 0 aliphatic rings. The van der Waals surface area contributed by atoms with E-state index in [1.165, 1.54) is 5.56 Å². The molecule has 2 heterocycles. The van der Waals surface area contributed by atoms with Crippen LogP contribution in [0.15, 0.2) is 65.1 Å². The Morgan fingerprint density at radius 3 is 2.58 bits per heavy atom. The summed E-state index contributed by atoms with van der Waals surface area (Å²) in [6.07, 6.45) is 1.74. The van der Waals surface area contributed by atoms with E-state index in [1.54, 1.807) is 6.08 Å². The summed E-state index contributed by atoms with van der Waals surface area (Å²) in [6.45, 7) is 2.05. The maximum Gasteiger partial charge on any atom is 0.151 e. The first kappa shape index (κ1) is 15.9. The van der Waals surface area contributed by atoms with Crippen LogP contribution in [0, 0.1) is 18.3 Å². The topological polar surface area (TPSA) is 54.8 Å². The number of benzene rings is 2. The van der Waals surface area contributed by atoms with Gasteiger partial charge in [-0.1, -0.05) is 42.0 Å². The standard InChI is InChI=1S/C22H17N3O/c1-15-7-9-16(10-8-15)21-12-11-18(26-21)13-17(14-23)22-24-19-5-3-4-6-20(19)25(22)2/h3-13H,1-2H3/b17-13+. The van der Waals surface area contributed by atoms with Crippen LogP contribution in [0.5, 0.6) is 0 Å². The monoisotopic (exact) mass is 339 g/mol. The van der Waals surface area contributed by atoms with Crippen LogP contribution in [-0.2, 0) is 7.05 Å². The summed E-state index contributed by atoms with van der Waals surface area (Å²) in [6, 6.07) is 22.0. The Labute approximate surface area is 151 Å². The highest BCUT2D eigenvalue weighted by molar-refractivity contribution is 5.90. The zero-order valence-electron chi connectivity index (χ0n) is 14.6. The second kappa shape index (κ2) is 6.38. The minimum atomic E-state index is 0.466. The molecule has 0 saturated heterocycles. The second-order valence-electron chi connectivity index (χ2n) is 6.22. The van der Waals surface area contributed by atoms with E-state index in [1.807, 2.05) is 72.3 Å². The molecule has 0 N–H and O–H groups in total. The molecule has 4 nitrogen and oxygen atoms in total. The summed E-state index contributed by atoms with van der Waals surface area (Å²) in [5.74, 6) is 2.03. The molecule has 26 heavy (non-hydrogen) atoms. The molecule has 2 aromatic carbocycles. The van der Waals surface area contributed by atoms with Crippen molar-refractivity contribution in [3.63, 3.8) is 0 Å². The van der Waals surface area contributed by atoms with Gasteiger partial charge in [0.15, 0.2) is 5.82 Å². The molecule has 0 fully saturated rings. The van der Waals surface area contributed by atoms with Gasteiger partial charge in [-0.3, -0.25) is 0 Å². The SMILES string of the molecule is Cc1ccc(-c2ccc(/C=C(\C#N)c3nc4ccccc4n3C)o2)cc1.